The van der Waals surface area contributed by atoms with Gasteiger partial charge in [0.1, 0.15) is 11.5 Å². The summed E-state index contributed by atoms with van der Waals surface area (Å²) in [6.07, 6.45) is 3.57. The van der Waals surface area contributed by atoms with Crippen LogP contribution in [0.1, 0.15) is 36.0 Å². The Labute approximate surface area is 160 Å². The van der Waals surface area contributed by atoms with Crippen LogP contribution in [0.4, 0.5) is 0 Å². The number of ether oxygens (including phenoxy) is 3. The predicted molar refractivity (Wildman–Crippen MR) is 100 cm³/mol. The fourth-order valence-electron chi connectivity index (χ4n) is 3.62. The smallest absolute Gasteiger partial charge is 0.254 e. The number of amides is 2. The van der Waals surface area contributed by atoms with Crippen LogP contribution in [-0.4, -0.2) is 63.3 Å². The second kappa shape index (κ2) is 9.08. The maximum Gasteiger partial charge on any atom is 0.254 e. The number of methoxy groups -OCH3 is 2. The van der Waals surface area contributed by atoms with Crippen molar-refractivity contribution < 1.29 is 23.8 Å². The first kappa shape index (κ1) is 19.5. The van der Waals surface area contributed by atoms with E-state index < -0.39 is 0 Å². The Balaban J connectivity index is 1.52. The molecule has 2 heterocycles. The van der Waals surface area contributed by atoms with Crippen LogP contribution < -0.4 is 14.8 Å². The van der Waals surface area contributed by atoms with Gasteiger partial charge in [0, 0.05) is 43.8 Å². The maximum atomic E-state index is 12.8. The van der Waals surface area contributed by atoms with E-state index in [0.717, 1.165) is 19.4 Å². The number of likely N-dealkylation sites (tertiary alicyclic amines) is 1. The normalized spacial score (nSPS) is 20.4. The van der Waals surface area contributed by atoms with Crippen LogP contribution >= 0.6 is 0 Å². The maximum absolute atomic E-state index is 12.8. The molecule has 0 radical (unpaired) electrons. The third-order valence-corrected chi connectivity index (χ3v) is 5.28. The summed E-state index contributed by atoms with van der Waals surface area (Å²) < 4.78 is 16.0. The van der Waals surface area contributed by atoms with E-state index in [1.165, 1.54) is 0 Å². The van der Waals surface area contributed by atoms with E-state index in [1.807, 2.05) is 0 Å². The van der Waals surface area contributed by atoms with Crippen molar-refractivity contribution in [2.24, 2.45) is 5.92 Å². The summed E-state index contributed by atoms with van der Waals surface area (Å²) in [5.41, 5.74) is 0.535. The molecule has 2 aliphatic rings. The summed E-state index contributed by atoms with van der Waals surface area (Å²) in [5, 5.41) is 3.00. The first-order valence-corrected chi connectivity index (χ1v) is 9.52. The molecular weight excluding hydrogens is 348 g/mol. The van der Waals surface area contributed by atoms with Crippen molar-refractivity contribution in [3.63, 3.8) is 0 Å². The average molecular weight is 376 g/mol. The van der Waals surface area contributed by atoms with Crippen LogP contribution in [0.5, 0.6) is 11.5 Å². The van der Waals surface area contributed by atoms with Gasteiger partial charge in [-0.1, -0.05) is 0 Å². The molecule has 2 aliphatic heterocycles. The van der Waals surface area contributed by atoms with Gasteiger partial charge in [0.05, 0.1) is 20.3 Å². The molecule has 0 saturated carbocycles. The predicted octanol–water partition coefficient (Wildman–Crippen LogP) is 1.85. The number of carbonyl (C=O) groups excluding carboxylic acids is 2. The van der Waals surface area contributed by atoms with Gasteiger partial charge in [-0.25, -0.2) is 0 Å². The summed E-state index contributed by atoms with van der Waals surface area (Å²) in [5.74, 6) is 1.13. The summed E-state index contributed by atoms with van der Waals surface area (Å²) in [7, 11) is 3.12. The van der Waals surface area contributed by atoms with Gasteiger partial charge < -0.3 is 24.4 Å². The van der Waals surface area contributed by atoms with Gasteiger partial charge in [0.25, 0.3) is 5.91 Å². The molecule has 0 aromatic heterocycles. The molecule has 0 bridgehead atoms. The number of piperidine rings is 1. The first-order chi connectivity index (χ1) is 13.1. The van der Waals surface area contributed by atoms with Crippen molar-refractivity contribution in [2.75, 3.05) is 40.5 Å². The number of nitrogens with one attached hydrogen (secondary N) is 1. The minimum Gasteiger partial charge on any atom is -0.497 e. The fourth-order valence-corrected chi connectivity index (χ4v) is 3.62. The third-order valence-electron chi connectivity index (χ3n) is 5.28. The largest absolute Gasteiger partial charge is 0.497 e. The van der Waals surface area contributed by atoms with Crippen LogP contribution in [0.3, 0.4) is 0 Å². The molecule has 7 heteroatoms. The molecule has 2 saturated heterocycles. The Morgan fingerprint density at radius 1 is 1.11 bits per heavy atom. The second-order valence-electron chi connectivity index (χ2n) is 7.05. The Kier molecular flexibility index (Phi) is 6.55. The average Bonchev–Trinajstić information content (AvgIpc) is 3.24. The number of hydrogen-bond acceptors (Lipinski definition) is 5. The number of benzene rings is 1. The molecule has 1 aromatic carbocycles. The molecule has 148 valence electrons. The standard InChI is InChI=1S/C20H28N2O5/c1-25-17-10-15(11-18(12-17)26-2)20(24)22-7-5-14(6-8-22)19(23)21-13-16-4-3-9-27-16/h10-12,14,16H,3-9,13H2,1-2H3,(H,21,23). The molecule has 0 spiro atoms. The lowest BCUT2D eigenvalue weighted by Gasteiger charge is -2.31. The Morgan fingerprint density at radius 3 is 2.33 bits per heavy atom. The molecule has 1 unspecified atom stereocenters. The zero-order chi connectivity index (χ0) is 19.2. The highest BCUT2D eigenvalue weighted by molar-refractivity contribution is 5.95. The highest BCUT2D eigenvalue weighted by atomic mass is 16.5. The number of nitrogens with zero attached hydrogens (tertiary/aromatic N) is 1. The quantitative estimate of drug-likeness (QED) is 0.820. The first-order valence-electron chi connectivity index (χ1n) is 9.52. The summed E-state index contributed by atoms with van der Waals surface area (Å²) >= 11 is 0. The molecule has 3 rings (SSSR count). The topological polar surface area (TPSA) is 77.1 Å². The monoisotopic (exact) mass is 376 g/mol. The zero-order valence-electron chi connectivity index (χ0n) is 16.0. The lowest BCUT2D eigenvalue weighted by molar-refractivity contribution is -0.126. The molecule has 1 atom stereocenters. The van der Waals surface area contributed by atoms with E-state index in [0.29, 0.717) is 49.5 Å². The van der Waals surface area contributed by atoms with Gasteiger partial charge in [-0.15, -0.1) is 0 Å². The minimum absolute atomic E-state index is 0.0460. The summed E-state index contributed by atoms with van der Waals surface area (Å²) in [4.78, 5) is 27.0. The van der Waals surface area contributed by atoms with E-state index >= 15 is 0 Å². The Hall–Kier alpha value is -2.28. The molecule has 7 nitrogen and oxygen atoms in total. The van der Waals surface area contributed by atoms with E-state index in [2.05, 4.69) is 5.32 Å². The van der Waals surface area contributed by atoms with E-state index in [-0.39, 0.29) is 23.8 Å². The Morgan fingerprint density at radius 2 is 1.78 bits per heavy atom. The van der Waals surface area contributed by atoms with Crippen LogP contribution in [0.2, 0.25) is 0 Å². The second-order valence-corrected chi connectivity index (χ2v) is 7.05. The molecule has 1 aromatic rings. The number of carbonyl (C=O) groups is 2. The summed E-state index contributed by atoms with van der Waals surface area (Å²) in [6.45, 7) is 2.50. The molecule has 0 aliphatic carbocycles. The van der Waals surface area contributed by atoms with Gasteiger partial charge in [-0.05, 0) is 37.8 Å². The highest BCUT2D eigenvalue weighted by Gasteiger charge is 2.28. The van der Waals surface area contributed by atoms with Gasteiger partial charge in [0.2, 0.25) is 5.91 Å². The van der Waals surface area contributed by atoms with Crippen molar-refractivity contribution in [1.29, 1.82) is 0 Å². The van der Waals surface area contributed by atoms with Crippen molar-refractivity contribution >= 4 is 11.8 Å². The van der Waals surface area contributed by atoms with E-state index in [9.17, 15) is 9.59 Å². The van der Waals surface area contributed by atoms with Crippen molar-refractivity contribution in [1.82, 2.24) is 10.2 Å². The zero-order valence-corrected chi connectivity index (χ0v) is 16.0. The SMILES string of the molecule is COc1cc(OC)cc(C(=O)N2CCC(C(=O)NCC3CCCO3)CC2)c1. The molecule has 2 amide bonds. The van der Waals surface area contributed by atoms with Crippen molar-refractivity contribution in [3.05, 3.63) is 23.8 Å². The highest BCUT2D eigenvalue weighted by Crippen LogP contribution is 2.25. The van der Waals surface area contributed by atoms with Gasteiger partial charge in [-0.3, -0.25) is 9.59 Å². The molecule has 1 N–H and O–H groups in total. The summed E-state index contributed by atoms with van der Waals surface area (Å²) in [6, 6.07) is 5.16. The van der Waals surface area contributed by atoms with Gasteiger partial charge in [-0.2, -0.15) is 0 Å². The number of hydrogen-bond donors (Lipinski definition) is 1. The van der Waals surface area contributed by atoms with Crippen LogP contribution in [0.15, 0.2) is 18.2 Å². The van der Waals surface area contributed by atoms with E-state index in [4.69, 9.17) is 14.2 Å². The Bertz CT molecular complexity index is 642. The molecular formula is C20H28N2O5. The van der Waals surface area contributed by atoms with Crippen molar-refractivity contribution in [3.8, 4) is 11.5 Å². The fraction of sp³-hybridized carbons (Fsp3) is 0.600. The molecule has 2 fully saturated rings. The lowest BCUT2D eigenvalue weighted by atomic mass is 9.95. The van der Waals surface area contributed by atoms with E-state index in [1.54, 1.807) is 37.3 Å². The number of rotatable bonds is 6. The van der Waals surface area contributed by atoms with Crippen molar-refractivity contribution in [2.45, 2.75) is 31.8 Å². The van der Waals surface area contributed by atoms with Crippen LogP contribution in [-0.2, 0) is 9.53 Å². The van der Waals surface area contributed by atoms with Crippen LogP contribution in [0, 0.1) is 5.92 Å². The third kappa shape index (κ3) is 4.91. The van der Waals surface area contributed by atoms with Gasteiger partial charge >= 0.3 is 0 Å². The minimum atomic E-state index is -0.0644. The molecule has 27 heavy (non-hydrogen) atoms. The van der Waals surface area contributed by atoms with Crippen LogP contribution in [0.25, 0.3) is 0 Å². The lowest BCUT2D eigenvalue weighted by Crippen LogP contribution is -2.44. The van der Waals surface area contributed by atoms with Gasteiger partial charge in [0.15, 0.2) is 0 Å².